The van der Waals surface area contributed by atoms with Gasteiger partial charge in [0.2, 0.25) is 0 Å². The molecular formula is C5H12HgO3. The van der Waals surface area contributed by atoms with Crippen molar-refractivity contribution in [1.82, 2.24) is 0 Å². The number of carbonyl (C=O) groups is 1. The van der Waals surface area contributed by atoms with E-state index in [1.165, 1.54) is 0 Å². The summed E-state index contributed by atoms with van der Waals surface area (Å²) in [5, 5.41) is 15.3. The van der Waals surface area contributed by atoms with Crippen LogP contribution in [0.15, 0.2) is 0 Å². The van der Waals surface area contributed by atoms with Crippen LogP contribution in [0.25, 0.3) is 0 Å². The number of hydrogen-bond acceptors (Lipinski definition) is 2. The number of aliphatic hydroxyl groups is 1. The number of aliphatic carboxylic acids is 1. The van der Waals surface area contributed by atoms with Gasteiger partial charge in [-0.25, -0.2) is 0 Å². The van der Waals surface area contributed by atoms with E-state index in [4.69, 9.17) is 15.0 Å². The first kappa shape index (κ1) is 16.2. The first-order chi connectivity index (χ1) is 3.65. The van der Waals surface area contributed by atoms with Crippen LogP contribution in [-0.2, 0) is 32.5 Å². The Morgan fingerprint density at radius 2 is 1.67 bits per heavy atom. The van der Waals surface area contributed by atoms with E-state index < -0.39 is 5.97 Å². The van der Waals surface area contributed by atoms with E-state index >= 15 is 0 Å². The predicted molar refractivity (Wildman–Crippen MR) is 30.7 cm³/mol. The molecule has 4 heteroatoms. The molecule has 0 aromatic carbocycles. The Labute approximate surface area is 75.6 Å². The van der Waals surface area contributed by atoms with Gasteiger partial charge in [-0.1, -0.05) is 6.92 Å². The maximum atomic E-state index is 9.00. The molecule has 0 aromatic heterocycles. The minimum atomic E-state index is -0.833. The van der Waals surface area contributed by atoms with Gasteiger partial charge in [0.15, 0.2) is 0 Å². The largest absolute Gasteiger partial charge is 0.481 e. The van der Waals surface area contributed by atoms with E-state index in [9.17, 15) is 0 Å². The molecule has 52 valence electrons. The van der Waals surface area contributed by atoms with Crippen LogP contribution in [0, 0.1) is 0 Å². The van der Waals surface area contributed by atoms with Crippen LogP contribution in [0.5, 0.6) is 0 Å². The van der Waals surface area contributed by atoms with Gasteiger partial charge >= 0.3 is 0 Å². The maximum absolute atomic E-state index is 9.00. The number of aliphatic hydroxyl groups excluding tert-OH is 1. The average Bonchev–Trinajstić information content (AvgIpc) is 1.65. The zero-order valence-electron chi connectivity index (χ0n) is 5.92. The smallest absolute Gasteiger partial charge is 0.300 e. The summed E-state index contributed by atoms with van der Waals surface area (Å²) >= 11 is 0. The first-order valence-corrected chi connectivity index (χ1v) is 2.45. The molecule has 9 heavy (non-hydrogen) atoms. The van der Waals surface area contributed by atoms with Crippen LogP contribution in [0.4, 0.5) is 0 Å². The number of rotatable bonds is 1. The van der Waals surface area contributed by atoms with Gasteiger partial charge in [-0.3, -0.25) is 4.79 Å². The van der Waals surface area contributed by atoms with Gasteiger partial charge < -0.3 is 10.2 Å². The Balaban J connectivity index is -0.0000000720. The van der Waals surface area contributed by atoms with Crippen molar-refractivity contribution in [3.05, 3.63) is 0 Å². The molecule has 0 atom stereocenters. The fourth-order valence-electron chi connectivity index (χ4n) is 0. The monoisotopic (exact) mass is 322 g/mol. The summed E-state index contributed by atoms with van der Waals surface area (Å²) in [7, 11) is 0. The minimum Gasteiger partial charge on any atom is -0.481 e. The summed E-state index contributed by atoms with van der Waals surface area (Å²) < 4.78 is 0. The first-order valence-electron chi connectivity index (χ1n) is 2.45. The second kappa shape index (κ2) is 15.8. The molecule has 0 fully saturated rings. The SMILES string of the molecule is CC(=O)O.CCCO.[Hg]. The predicted octanol–water partition coefficient (Wildman–Crippen LogP) is 0.477. The third-order valence-electron chi connectivity index (χ3n) is 0.224. The maximum Gasteiger partial charge on any atom is 0.300 e. The Hall–Kier alpha value is 0.365. The quantitative estimate of drug-likeness (QED) is 0.691. The molecule has 0 aliphatic rings. The van der Waals surface area contributed by atoms with Crippen LogP contribution >= 0.6 is 0 Å². The van der Waals surface area contributed by atoms with E-state index in [1.807, 2.05) is 6.92 Å². The van der Waals surface area contributed by atoms with Crippen molar-refractivity contribution in [2.45, 2.75) is 20.3 Å². The Morgan fingerprint density at radius 3 is 1.67 bits per heavy atom. The van der Waals surface area contributed by atoms with Crippen LogP contribution < -0.4 is 0 Å². The van der Waals surface area contributed by atoms with Gasteiger partial charge in [0, 0.05) is 41.2 Å². The van der Waals surface area contributed by atoms with E-state index in [1.54, 1.807) is 0 Å². The topological polar surface area (TPSA) is 57.5 Å². The zero-order valence-corrected chi connectivity index (χ0v) is 11.4. The minimum absolute atomic E-state index is 0. The second-order valence-corrected chi connectivity index (χ2v) is 1.24. The average molecular weight is 321 g/mol. The van der Waals surface area contributed by atoms with Gasteiger partial charge in [-0.2, -0.15) is 0 Å². The van der Waals surface area contributed by atoms with Crippen molar-refractivity contribution < 1.29 is 42.7 Å². The Kier molecular flexibility index (Phi) is 28.3. The van der Waals surface area contributed by atoms with Gasteiger partial charge in [0.1, 0.15) is 0 Å². The third-order valence-corrected chi connectivity index (χ3v) is 0.224. The summed E-state index contributed by atoms with van der Waals surface area (Å²) in [6, 6.07) is 0. The molecule has 3 nitrogen and oxygen atoms in total. The van der Waals surface area contributed by atoms with Gasteiger partial charge in [-0.05, 0) is 6.42 Å². The zero-order chi connectivity index (χ0) is 6.99. The molecule has 2 N–H and O–H groups in total. The number of hydrogen-bond donors (Lipinski definition) is 2. The van der Waals surface area contributed by atoms with Crippen LogP contribution in [0.3, 0.4) is 0 Å². The van der Waals surface area contributed by atoms with E-state index in [0.717, 1.165) is 13.3 Å². The molecule has 0 saturated heterocycles. The van der Waals surface area contributed by atoms with Gasteiger partial charge in [0.25, 0.3) is 5.97 Å². The summed E-state index contributed by atoms with van der Waals surface area (Å²) in [6.45, 7) is 3.33. The Bertz CT molecular complexity index is 50.2. The molecular weight excluding hydrogens is 309 g/mol. The van der Waals surface area contributed by atoms with E-state index in [0.29, 0.717) is 6.61 Å². The van der Waals surface area contributed by atoms with Crippen molar-refractivity contribution in [2.24, 2.45) is 0 Å². The number of carboxylic acid groups (broad SMARTS) is 1. The summed E-state index contributed by atoms with van der Waals surface area (Å²) in [6.07, 6.45) is 0.875. The van der Waals surface area contributed by atoms with Crippen molar-refractivity contribution in [2.75, 3.05) is 6.61 Å². The van der Waals surface area contributed by atoms with Gasteiger partial charge in [0.05, 0.1) is 0 Å². The molecule has 0 heterocycles. The fourth-order valence-corrected chi connectivity index (χ4v) is 0. The standard InChI is InChI=1S/C3H8O.C2H4O2.Hg/c1-2-3-4;1-2(3)4;/h4H,2-3H2,1H3;1H3,(H,3,4);. The number of carboxylic acids is 1. The molecule has 0 rings (SSSR count). The molecule has 0 aliphatic carbocycles. The molecule has 0 spiro atoms. The summed E-state index contributed by atoms with van der Waals surface area (Å²) in [5.74, 6) is -0.833. The fraction of sp³-hybridized carbons (Fsp3) is 0.800. The van der Waals surface area contributed by atoms with Crippen LogP contribution in [-0.4, -0.2) is 22.8 Å². The van der Waals surface area contributed by atoms with E-state index in [2.05, 4.69) is 0 Å². The molecule has 0 aromatic rings. The van der Waals surface area contributed by atoms with Crippen LogP contribution in [0.2, 0.25) is 0 Å². The normalized spacial score (nSPS) is 6.11. The summed E-state index contributed by atoms with van der Waals surface area (Å²) in [5.41, 5.74) is 0. The molecule has 0 amide bonds. The molecule has 0 bridgehead atoms. The molecule has 0 saturated carbocycles. The molecule has 0 unspecified atom stereocenters. The third kappa shape index (κ3) is 182. The van der Waals surface area contributed by atoms with Crippen molar-refractivity contribution in [1.29, 1.82) is 0 Å². The molecule has 0 radical (unpaired) electrons. The van der Waals surface area contributed by atoms with Crippen molar-refractivity contribution in [3.8, 4) is 0 Å². The molecule has 0 aliphatic heterocycles. The van der Waals surface area contributed by atoms with Crippen LogP contribution in [0.1, 0.15) is 20.3 Å². The van der Waals surface area contributed by atoms with E-state index in [-0.39, 0.29) is 27.7 Å². The van der Waals surface area contributed by atoms with Gasteiger partial charge in [-0.15, -0.1) is 0 Å². The summed E-state index contributed by atoms with van der Waals surface area (Å²) in [4.78, 5) is 9.00. The Morgan fingerprint density at radius 1 is 1.56 bits per heavy atom. The second-order valence-electron chi connectivity index (χ2n) is 1.24. The van der Waals surface area contributed by atoms with Crippen molar-refractivity contribution in [3.63, 3.8) is 0 Å². The van der Waals surface area contributed by atoms with Crippen molar-refractivity contribution >= 4 is 5.97 Å².